The highest BCUT2D eigenvalue weighted by atomic mass is 32.1. The smallest absolute Gasteiger partial charge is 0.145 e. The molecule has 0 fully saturated rings. The minimum Gasteiger partial charge on any atom is -0.455 e. The van der Waals surface area contributed by atoms with E-state index in [-0.39, 0.29) is 0 Å². The lowest BCUT2D eigenvalue weighted by atomic mass is 9.97. The number of hydrogen-bond acceptors (Lipinski definition) is 3. The summed E-state index contributed by atoms with van der Waals surface area (Å²) in [6.07, 6.45) is 0. The maximum absolute atomic E-state index is 6.99. The lowest BCUT2D eigenvalue weighted by Gasteiger charge is -2.29. The summed E-state index contributed by atoms with van der Waals surface area (Å²) in [4.78, 5) is 2.42. The van der Waals surface area contributed by atoms with E-state index < -0.39 is 0 Å². The van der Waals surface area contributed by atoms with Gasteiger partial charge in [-0.1, -0.05) is 146 Å². The summed E-state index contributed by atoms with van der Waals surface area (Å²) in [5.74, 6) is 0. The van der Waals surface area contributed by atoms with Gasteiger partial charge in [-0.25, -0.2) is 0 Å². The van der Waals surface area contributed by atoms with Crippen molar-refractivity contribution in [2.45, 2.75) is 0 Å². The van der Waals surface area contributed by atoms with E-state index >= 15 is 0 Å². The predicted octanol–water partition coefficient (Wildman–Crippen LogP) is 17.5. The average Bonchev–Trinajstić information content (AvgIpc) is 4.04. The molecule has 13 aromatic rings. The van der Waals surface area contributed by atoms with Crippen molar-refractivity contribution in [2.75, 3.05) is 4.90 Å². The van der Waals surface area contributed by atoms with Crippen LogP contribution in [0.3, 0.4) is 0 Å². The number of furan rings is 1. The third-order valence-corrected chi connectivity index (χ3v) is 13.9. The minimum atomic E-state index is 0.855. The van der Waals surface area contributed by atoms with Gasteiger partial charge < -0.3 is 13.9 Å². The molecule has 0 spiro atoms. The maximum Gasteiger partial charge on any atom is 0.145 e. The van der Waals surface area contributed by atoms with Crippen LogP contribution < -0.4 is 4.90 Å². The molecule has 0 atom stereocenters. The number of rotatable bonds is 7. The summed E-state index contributed by atoms with van der Waals surface area (Å²) in [7, 11) is 0. The number of fused-ring (bicyclic) bond motifs is 9. The Morgan fingerprint density at radius 2 is 0.938 bits per heavy atom. The second kappa shape index (κ2) is 14.7. The quantitative estimate of drug-likeness (QED) is 0.159. The molecular formula is C60H38N2OS. The summed E-state index contributed by atoms with van der Waals surface area (Å²) in [5, 5.41) is 7.24. The largest absolute Gasteiger partial charge is 0.455 e. The van der Waals surface area contributed by atoms with E-state index in [1.165, 1.54) is 53.1 Å². The number of hydrogen-bond donors (Lipinski definition) is 0. The number of aromatic nitrogens is 1. The fraction of sp³-hybridized carbons (Fsp3) is 0. The molecule has 13 rings (SSSR count). The Morgan fingerprint density at radius 3 is 1.70 bits per heavy atom. The number of benzene rings is 10. The van der Waals surface area contributed by atoms with Crippen molar-refractivity contribution in [3.05, 3.63) is 231 Å². The number of thiophene rings is 1. The third kappa shape index (κ3) is 5.88. The topological polar surface area (TPSA) is 21.3 Å². The van der Waals surface area contributed by atoms with Gasteiger partial charge in [0, 0.05) is 64.3 Å². The lowest BCUT2D eigenvalue weighted by molar-refractivity contribution is 0.670. The summed E-state index contributed by atoms with van der Waals surface area (Å²) < 4.78 is 12.0. The first kappa shape index (κ1) is 36.5. The van der Waals surface area contributed by atoms with Gasteiger partial charge in [0.2, 0.25) is 0 Å². The van der Waals surface area contributed by atoms with Crippen LogP contribution in [-0.4, -0.2) is 4.57 Å². The van der Waals surface area contributed by atoms with Crippen LogP contribution in [0.5, 0.6) is 0 Å². The van der Waals surface area contributed by atoms with Crippen molar-refractivity contribution >= 4 is 92.3 Å². The Balaban J connectivity index is 1.07. The van der Waals surface area contributed by atoms with Gasteiger partial charge in [0.05, 0.1) is 16.7 Å². The summed E-state index contributed by atoms with van der Waals surface area (Å²) in [6, 6.07) is 83.5. The highest BCUT2D eigenvalue weighted by Crippen LogP contribution is 2.48. The Bertz CT molecular complexity index is 3880. The van der Waals surface area contributed by atoms with Crippen LogP contribution in [-0.2, 0) is 0 Å². The predicted molar refractivity (Wildman–Crippen MR) is 272 cm³/mol. The van der Waals surface area contributed by atoms with Gasteiger partial charge in [-0.3, -0.25) is 0 Å². The second-order valence-corrected chi connectivity index (χ2v) is 17.5. The standard InChI is InChI=1S/C60H38N2OS/c1-2-15-39(16-3-1)40-17-12-20-44(35-40)61(45-21-13-18-41(36-45)42-31-34-58-52(38-42)50-26-7-11-30-57(50)64-58)55-33-32-51-49-25-6-10-29-56(49)63-60(51)59(55)43-19-14-22-46(37-43)62-53-27-8-4-23-47(53)48-24-5-9-28-54(48)62/h1-38H. The SMILES string of the molecule is c1ccc(-c2cccc(N(c3cccc(-c4ccc5sc6ccccc6c5c4)c3)c3ccc4c(oc5ccccc54)c3-c3cccc(-n4c5ccccc5c5ccccc54)c3)c2)cc1. The van der Waals surface area contributed by atoms with Crippen molar-refractivity contribution in [2.24, 2.45) is 0 Å². The van der Waals surface area contributed by atoms with Gasteiger partial charge in [-0.2, -0.15) is 0 Å². The van der Waals surface area contributed by atoms with Gasteiger partial charge >= 0.3 is 0 Å². The van der Waals surface area contributed by atoms with Crippen LogP contribution in [0.1, 0.15) is 0 Å². The zero-order chi connectivity index (χ0) is 42.1. The van der Waals surface area contributed by atoms with Crippen molar-refractivity contribution in [1.29, 1.82) is 0 Å². The fourth-order valence-corrected chi connectivity index (χ4v) is 10.9. The van der Waals surface area contributed by atoms with Crippen molar-refractivity contribution in [3.63, 3.8) is 0 Å². The molecule has 3 heterocycles. The molecule has 64 heavy (non-hydrogen) atoms. The zero-order valence-electron chi connectivity index (χ0n) is 34.7. The summed E-state index contributed by atoms with van der Waals surface area (Å²) >= 11 is 1.85. The molecule has 0 aliphatic rings. The number of anilines is 3. The first-order chi connectivity index (χ1) is 31.7. The van der Waals surface area contributed by atoms with Gasteiger partial charge in [-0.15, -0.1) is 11.3 Å². The Morgan fingerprint density at radius 1 is 0.359 bits per heavy atom. The van der Waals surface area contributed by atoms with Crippen LogP contribution in [0, 0.1) is 0 Å². The van der Waals surface area contributed by atoms with E-state index in [4.69, 9.17) is 4.42 Å². The van der Waals surface area contributed by atoms with Gasteiger partial charge in [-0.05, 0) is 113 Å². The van der Waals surface area contributed by atoms with Crippen molar-refractivity contribution in [3.8, 4) is 39.1 Å². The summed E-state index contributed by atoms with van der Waals surface area (Å²) in [5.41, 5.74) is 15.0. The van der Waals surface area contributed by atoms with Crippen LogP contribution in [0.4, 0.5) is 17.1 Å². The molecule has 0 saturated carbocycles. The van der Waals surface area contributed by atoms with E-state index in [9.17, 15) is 0 Å². The minimum absolute atomic E-state index is 0.855. The van der Waals surface area contributed by atoms with E-state index in [0.29, 0.717) is 0 Å². The molecule has 10 aromatic carbocycles. The second-order valence-electron chi connectivity index (χ2n) is 16.5. The Hall–Kier alpha value is -8.18. The van der Waals surface area contributed by atoms with Crippen LogP contribution in [0.25, 0.3) is 103 Å². The van der Waals surface area contributed by atoms with E-state index in [1.54, 1.807) is 0 Å². The third-order valence-electron chi connectivity index (χ3n) is 12.8. The first-order valence-corrected chi connectivity index (χ1v) is 22.6. The molecule has 300 valence electrons. The normalized spacial score (nSPS) is 11.8. The molecule has 0 aliphatic carbocycles. The molecule has 0 bridgehead atoms. The molecule has 4 heteroatoms. The average molecular weight is 835 g/mol. The molecule has 0 amide bonds. The molecule has 0 aliphatic heterocycles. The van der Waals surface area contributed by atoms with E-state index in [2.05, 4.69) is 240 Å². The molecule has 3 aromatic heterocycles. The molecule has 0 N–H and O–H groups in total. The maximum atomic E-state index is 6.99. The zero-order valence-corrected chi connectivity index (χ0v) is 35.5. The van der Waals surface area contributed by atoms with Crippen LogP contribution in [0.2, 0.25) is 0 Å². The van der Waals surface area contributed by atoms with Crippen molar-refractivity contribution in [1.82, 2.24) is 4.57 Å². The highest BCUT2D eigenvalue weighted by molar-refractivity contribution is 7.25. The number of para-hydroxylation sites is 3. The van der Waals surface area contributed by atoms with Crippen LogP contribution >= 0.6 is 11.3 Å². The Kier molecular flexibility index (Phi) is 8.40. The lowest BCUT2D eigenvalue weighted by Crippen LogP contribution is -2.11. The summed E-state index contributed by atoms with van der Waals surface area (Å²) in [6.45, 7) is 0. The monoisotopic (exact) mass is 834 g/mol. The molecular weight excluding hydrogens is 797 g/mol. The van der Waals surface area contributed by atoms with Gasteiger partial charge in [0.25, 0.3) is 0 Å². The molecule has 0 radical (unpaired) electrons. The fourth-order valence-electron chi connectivity index (χ4n) is 9.86. The van der Waals surface area contributed by atoms with E-state index in [0.717, 1.165) is 66.9 Å². The molecule has 3 nitrogen and oxygen atoms in total. The van der Waals surface area contributed by atoms with Gasteiger partial charge in [0.1, 0.15) is 11.2 Å². The Labute approximate surface area is 373 Å². The van der Waals surface area contributed by atoms with E-state index in [1.807, 2.05) is 11.3 Å². The van der Waals surface area contributed by atoms with Gasteiger partial charge in [0.15, 0.2) is 0 Å². The van der Waals surface area contributed by atoms with Crippen molar-refractivity contribution < 1.29 is 4.42 Å². The molecule has 0 saturated heterocycles. The van der Waals surface area contributed by atoms with Crippen LogP contribution in [0.15, 0.2) is 235 Å². The number of nitrogens with zero attached hydrogens (tertiary/aromatic N) is 2. The first-order valence-electron chi connectivity index (χ1n) is 21.7. The highest BCUT2D eigenvalue weighted by Gasteiger charge is 2.24. The molecule has 0 unspecified atom stereocenters.